The van der Waals surface area contributed by atoms with Crippen molar-refractivity contribution in [2.45, 2.75) is 46.1 Å². The van der Waals surface area contributed by atoms with Gasteiger partial charge in [0.15, 0.2) is 0 Å². The number of aromatic nitrogens is 1. The number of halogens is 1. The molecule has 0 atom stereocenters. The summed E-state index contributed by atoms with van der Waals surface area (Å²) in [7, 11) is 0. The van der Waals surface area contributed by atoms with Crippen molar-refractivity contribution in [2.75, 3.05) is 0 Å². The lowest BCUT2D eigenvalue weighted by atomic mass is 9.90. The van der Waals surface area contributed by atoms with Gasteiger partial charge in [-0.25, -0.2) is 0 Å². The van der Waals surface area contributed by atoms with E-state index in [0.29, 0.717) is 0 Å². The third-order valence-corrected chi connectivity index (χ3v) is 2.82. The zero-order chi connectivity index (χ0) is 13.4. The first-order valence-corrected chi connectivity index (χ1v) is 6.00. The van der Waals surface area contributed by atoms with E-state index < -0.39 is 5.24 Å². The number of hydrogen-bond acceptors (Lipinski definition) is 2. The maximum Gasteiger partial charge on any atom is 0.263 e. The van der Waals surface area contributed by atoms with Crippen molar-refractivity contribution < 1.29 is 4.79 Å². The van der Waals surface area contributed by atoms with Crippen LogP contribution >= 0.6 is 11.6 Å². The highest BCUT2D eigenvalue weighted by Crippen LogP contribution is 2.23. The van der Waals surface area contributed by atoms with Crippen molar-refractivity contribution >= 4 is 16.8 Å². The van der Waals surface area contributed by atoms with E-state index in [1.807, 2.05) is 34.6 Å². The molecule has 0 saturated carbocycles. The Labute approximate surface area is 106 Å². The molecule has 17 heavy (non-hydrogen) atoms. The van der Waals surface area contributed by atoms with Crippen molar-refractivity contribution in [3.63, 3.8) is 0 Å². The van der Waals surface area contributed by atoms with Crippen LogP contribution in [-0.4, -0.2) is 9.81 Å². The molecule has 0 radical (unpaired) electrons. The second-order valence-corrected chi connectivity index (χ2v) is 5.77. The first kappa shape index (κ1) is 14.0. The average Bonchev–Trinajstić information content (AvgIpc) is 2.14. The Bertz CT molecular complexity index is 495. The van der Waals surface area contributed by atoms with Gasteiger partial charge in [0.25, 0.3) is 10.8 Å². The van der Waals surface area contributed by atoms with Crippen LogP contribution in [0.5, 0.6) is 0 Å². The summed E-state index contributed by atoms with van der Waals surface area (Å²) in [6.45, 7) is 9.92. The molecule has 0 unspecified atom stereocenters. The van der Waals surface area contributed by atoms with Crippen LogP contribution in [0.3, 0.4) is 0 Å². The van der Waals surface area contributed by atoms with Crippen molar-refractivity contribution in [1.82, 2.24) is 4.57 Å². The van der Waals surface area contributed by atoms with Gasteiger partial charge in [0, 0.05) is 17.2 Å². The van der Waals surface area contributed by atoms with Crippen LogP contribution in [0.4, 0.5) is 0 Å². The third-order valence-electron chi connectivity index (χ3n) is 2.61. The number of nitrogens with zero attached hydrogens (tertiary/aromatic N) is 1. The molecule has 0 fully saturated rings. The zero-order valence-electron chi connectivity index (χ0n) is 10.9. The Balaban J connectivity index is 3.63. The molecule has 1 heterocycles. The fourth-order valence-electron chi connectivity index (χ4n) is 1.83. The maximum absolute atomic E-state index is 12.2. The Kier molecular flexibility index (Phi) is 3.82. The van der Waals surface area contributed by atoms with Gasteiger partial charge < -0.3 is 4.57 Å². The summed E-state index contributed by atoms with van der Waals surface area (Å²) < 4.78 is 1.63. The fraction of sp³-hybridized carbons (Fsp3) is 0.538. The first-order chi connectivity index (χ1) is 7.66. The first-order valence-electron chi connectivity index (χ1n) is 5.62. The molecule has 94 valence electrons. The lowest BCUT2D eigenvalue weighted by Gasteiger charge is -2.26. The van der Waals surface area contributed by atoms with Gasteiger partial charge >= 0.3 is 0 Å². The summed E-state index contributed by atoms with van der Waals surface area (Å²) in [4.78, 5) is 23.3. The summed E-state index contributed by atoms with van der Waals surface area (Å²) in [5, 5.41) is -0.704. The minimum atomic E-state index is -0.704. The molecule has 1 aromatic rings. The zero-order valence-corrected chi connectivity index (χ0v) is 11.6. The quantitative estimate of drug-likeness (QED) is 0.762. The molecule has 1 rings (SSSR count). The Morgan fingerprint density at radius 3 is 2.18 bits per heavy atom. The van der Waals surface area contributed by atoms with E-state index in [9.17, 15) is 9.59 Å². The predicted octanol–water partition coefficient (Wildman–Crippen LogP) is 3.11. The van der Waals surface area contributed by atoms with Gasteiger partial charge in [-0.2, -0.15) is 0 Å². The van der Waals surface area contributed by atoms with E-state index >= 15 is 0 Å². The maximum atomic E-state index is 12.2. The molecule has 1 aromatic heterocycles. The highest BCUT2D eigenvalue weighted by atomic mass is 35.5. The summed E-state index contributed by atoms with van der Waals surface area (Å²) in [5.74, 6) is 0. The van der Waals surface area contributed by atoms with Crippen LogP contribution in [0, 0.1) is 0 Å². The van der Waals surface area contributed by atoms with Crippen molar-refractivity contribution in [1.29, 1.82) is 0 Å². The van der Waals surface area contributed by atoms with E-state index in [4.69, 9.17) is 11.6 Å². The molecule has 4 heteroatoms. The molecule has 0 spiro atoms. The predicted molar refractivity (Wildman–Crippen MR) is 70.0 cm³/mol. The standard InChI is InChI=1S/C13H18ClNO2/c1-8(2)15-10(13(3,4)5)7-6-9(11(14)16)12(15)17/h6-8H,1-5H3. The molecule has 0 aromatic carbocycles. The minimum Gasteiger partial charge on any atom is -0.309 e. The number of carbonyl (C=O) groups is 1. The largest absolute Gasteiger partial charge is 0.309 e. The van der Waals surface area contributed by atoms with Crippen LogP contribution in [0.1, 0.15) is 56.7 Å². The SMILES string of the molecule is CC(C)n1c(C(C)(C)C)ccc(C(=O)Cl)c1=O. The second-order valence-electron chi connectivity index (χ2n) is 5.42. The van der Waals surface area contributed by atoms with Gasteiger partial charge in [-0.15, -0.1) is 0 Å². The number of hydrogen-bond donors (Lipinski definition) is 0. The van der Waals surface area contributed by atoms with Gasteiger partial charge in [0.2, 0.25) is 0 Å². The van der Waals surface area contributed by atoms with E-state index in [2.05, 4.69) is 0 Å². The Hall–Kier alpha value is -1.09. The van der Waals surface area contributed by atoms with Gasteiger partial charge in [-0.05, 0) is 37.6 Å². The van der Waals surface area contributed by atoms with Crippen molar-refractivity contribution in [3.8, 4) is 0 Å². The highest BCUT2D eigenvalue weighted by Gasteiger charge is 2.22. The minimum absolute atomic E-state index is 0.00677. The third kappa shape index (κ3) is 2.78. The molecule has 0 bridgehead atoms. The Morgan fingerprint density at radius 1 is 1.29 bits per heavy atom. The van der Waals surface area contributed by atoms with E-state index in [0.717, 1.165) is 5.69 Å². The smallest absolute Gasteiger partial charge is 0.263 e. The fourth-order valence-corrected chi connectivity index (χ4v) is 1.97. The molecule has 0 saturated heterocycles. The summed E-state index contributed by atoms with van der Waals surface area (Å²) in [5.41, 5.74) is 0.470. The van der Waals surface area contributed by atoms with Crippen LogP contribution in [0.2, 0.25) is 0 Å². The molecule has 0 aliphatic rings. The summed E-state index contributed by atoms with van der Waals surface area (Å²) >= 11 is 5.40. The van der Waals surface area contributed by atoms with Crippen molar-refractivity contribution in [3.05, 3.63) is 33.7 Å². The van der Waals surface area contributed by atoms with Crippen molar-refractivity contribution in [2.24, 2.45) is 0 Å². The number of rotatable bonds is 2. The lowest BCUT2D eigenvalue weighted by Crippen LogP contribution is -2.33. The van der Waals surface area contributed by atoms with Gasteiger partial charge in [0.05, 0.1) is 5.56 Å². The van der Waals surface area contributed by atoms with Gasteiger partial charge in [-0.1, -0.05) is 20.8 Å². The van der Waals surface area contributed by atoms with Crippen LogP contribution in [-0.2, 0) is 5.41 Å². The lowest BCUT2D eigenvalue weighted by molar-refractivity contribution is 0.107. The molecule has 0 aliphatic heterocycles. The number of carbonyl (C=O) groups excluding carboxylic acids is 1. The Morgan fingerprint density at radius 2 is 1.82 bits per heavy atom. The molecule has 0 aliphatic carbocycles. The van der Waals surface area contributed by atoms with Crippen LogP contribution in [0.25, 0.3) is 0 Å². The molecule has 3 nitrogen and oxygen atoms in total. The topological polar surface area (TPSA) is 39.1 Å². The van der Waals surface area contributed by atoms with Gasteiger partial charge in [-0.3, -0.25) is 9.59 Å². The number of pyridine rings is 1. The molecule has 0 N–H and O–H groups in total. The average molecular weight is 256 g/mol. The van der Waals surface area contributed by atoms with Crippen LogP contribution in [0.15, 0.2) is 16.9 Å². The normalized spacial score (nSPS) is 11.9. The van der Waals surface area contributed by atoms with E-state index in [1.54, 1.807) is 10.6 Å². The highest BCUT2D eigenvalue weighted by molar-refractivity contribution is 6.67. The van der Waals surface area contributed by atoms with E-state index in [-0.39, 0.29) is 22.6 Å². The monoisotopic (exact) mass is 255 g/mol. The van der Waals surface area contributed by atoms with Crippen LogP contribution < -0.4 is 5.56 Å². The molecular formula is C13H18ClNO2. The second kappa shape index (κ2) is 4.65. The van der Waals surface area contributed by atoms with Gasteiger partial charge in [0.1, 0.15) is 0 Å². The summed E-state index contributed by atoms with van der Waals surface area (Å²) in [6, 6.07) is 3.31. The summed E-state index contributed by atoms with van der Waals surface area (Å²) in [6.07, 6.45) is 0. The molecule has 0 amide bonds. The van der Waals surface area contributed by atoms with E-state index in [1.165, 1.54) is 6.07 Å². The molecular weight excluding hydrogens is 238 g/mol.